The van der Waals surface area contributed by atoms with E-state index in [1.807, 2.05) is 13.8 Å². The molecule has 0 aliphatic rings. The van der Waals surface area contributed by atoms with Crippen LogP contribution in [0.25, 0.3) is 0 Å². The van der Waals surface area contributed by atoms with Crippen molar-refractivity contribution in [1.29, 1.82) is 0 Å². The van der Waals surface area contributed by atoms with Crippen molar-refractivity contribution < 1.29 is 17.9 Å². The van der Waals surface area contributed by atoms with Crippen LogP contribution in [-0.4, -0.2) is 25.7 Å². The van der Waals surface area contributed by atoms with Gasteiger partial charge in [-0.05, 0) is 31.4 Å². The molecule has 1 aromatic carbocycles. The van der Waals surface area contributed by atoms with E-state index in [4.69, 9.17) is 5.73 Å². The number of sulfonamides is 1. The van der Waals surface area contributed by atoms with Crippen molar-refractivity contribution in [3.8, 4) is 0 Å². The van der Waals surface area contributed by atoms with Crippen LogP contribution in [0.1, 0.15) is 27.2 Å². The first kappa shape index (κ1) is 16.9. The van der Waals surface area contributed by atoms with E-state index in [0.717, 1.165) is 6.07 Å². The van der Waals surface area contributed by atoms with E-state index in [0.29, 0.717) is 6.42 Å². The Balaban J connectivity index is 2.92. The Labute approximate surface area is 119 Å². The van der Waals surface area contributed by atoms with Crippen molar-refractivity contribution in [2.45, 2.75) is 37.7 Å². The van der Waals surface area contributed by atoms with Crippen LogP contribution >= 0.6 is 0 Å². The smallest absolute Gasteiger partial charge is 0.245 e. The molecule has 0 saturated carbocycles. The van der Waals surface area contributed by atoms with Crippen molar-refractivity contribution in [2.24, 2.45) is 5.92 Å². The number of rotatable bonds is 6. The highest BCUT2D eigenvalue weighted by Gasteiger charge is 2.27. The van der Waals surface area contributed by atoms with Crippen molar-refractivity contribution in [1.82, 2.24) is 4.72 Å². The largest absolute Gasteiger partial charge is 0.398 e. The first-order valence-electron chi connectivity index (χ1n) is 6.31. The molecular weight excluding hydrogens is 283 g/mol. The Bertz CT molecular complexity index is 551. The molecule has 1 aromatic rings. The summed E-state index contributed by atoms with van der Waals surface area (Å²) >= 11 is 0. The molecule has 4 N–H and O–H groups in total. The summed E-state index contributed by atoms with van der Waals surface area (Å²) < 4.78 is 39.9. The minimum absolute atomic E-state index is 0.166. The van der Waals surface area contributed by atoms with Gasteiger partial charge in [0.15, 0.2) is 0 Å². The molecule has 0 bridgehead atoms. The van der Waals surface area contributed by atoms with Crippen molar-refractivity contribution in [3.05, 3.63) is 24.0 Å². The van der Waals surface area contributed by atoms with E-state index in [1.54, 1.807) is 0 Å². The molecule has 1 atom stereocenters. The Morgan fingerprint density at radius 2 is 2.05 bits per heavy atom. The average molecular weight is 304 g/mol. The third-order valence-electron chi connectivity index (χ3n) is 2.76. The molecule has 0 radical (unpaired) electrons. The normalized spacial score (nSPS) is 15.3. The van der Waals surface area contributed by atoms with Gasteiger partial charge in [-0.25, -0.2) is 17.5 Å². The molecule has 20 heavy (non-hydrogen) atoms. The highest BCUT2D eigenvalue weighted by molar-refractivity contribution is 7.89. The predicted octanol–water partition coefficient (Wildman–Crippen LogP) is 1.48. The van der Waals surface area contributed by atoms with Crippen LogP contribution in [-0.2, 0) is 10.0 Å². The van der Waals surface area contributed by atoms with Crippen molar-refractivity contribution in [3.63, 3.8) is 0 Å². The van der Waals surface area contributed by atoms with E-state index in [9.17, 15) is 17.9 Å². The molecule has 0 fully saturated rings. The van der Waals surface area contributed by atoms with Gasteiger partial charge in [0.2, 0.25) is 10.0 Å². The molecule has 0 spiro atoms. The Kier molecular flexibility index (Phi) is 5.12. The van der Waals surface area contributed by atoms with Crippen LogP contribution < -0.4 is 10.5 Å². The topological polar surface area (TPSA) is 92.4 Å². The summed E-state index contributed by atoms with van der Waals surface area (Å²) in [6.45, 7) is 5.15. The molecule has 0 amide bonds. The molecule has 1 rings (SSSR count). The second kappa shape index (κ2) is 6.07. The van der Waals surface area contributed by atoms with E-state index in [-0.39, 0.29) is 18.2 Å². The van der Waals surface area contributed by atoms with Gasteiger partial charge in [-0.2, -0.15) is 0 Å². The second-order valence-corrected chi connectivity index (χ2v) is 7.28. The molecule has 1 unspecified atom stereocenters. The maximum atomic E-state index is 13.6. The molecule has 114 valence electrons. The zero-order chi connectivity index (χ0) is 15.6. The maximum absolute atomic E-state index is 13.6. The van der Waals surface area contributed by atoms with Gasteiger partial charge >= 0.3 is 0 Å². The molecule has 0 heterocycles. The highest BCUT2D eigenvalue weighted by Crippen LogP contribution is 2.22. The van der Waals surface area contributed by atoms with Crippen molar-refractivity contribution >= 4 is 15.7 Å². The number of nitrogens with one attached hydrogen (secondary N) is 1. The minimum atomic E-state index is -4.10. The molecule has 0 aromatic heterocycles. The minimum Gasteiger partial charge on any atom is -0.398 e. The first-order valence-corrected chi connectivity index (χ1v) is 7.79. The summed E-state index contributed by atoms with van der Waals surface area (Å²) in [6.07, 6.45) is 0.419. The lowest BCUT2D eigenvalue weighted by Gasteiger charge is -2.25. The van der Waals surface area contributed by atoms with Crippen LogP contribution in [0.2, 0.25) is 0 Å². The average Bonchev–Trinajstić information content (AvgIpc) is 2.24. The zero-order valence-corrected chi connectivity index (χ0v) is 12.7. The summed E-state index contributed by atoms with van der Waals surface area (Å²) in [5.74, 6) is -0.714. The van der Waals surface area contributed by atoms with Gasteiger partial charge in [-0.15, -0.1) is 0 Å². The summed E-state index contributed by atoms with van der Waals surface area (Å²) in [6, 6.07) is 3.67. The summed E-state index contributed by atoms with van der Waals surface area (Å²) in [5.41, 5.74) is 4.13. The zero-order valence-electron chi connectivity index (χ0n) is 11.9. The Morgan fingerprint density at radius 1 is 1.45 bits per heavy atom. The van der Waals surface area contributed by atoms with Gasteiger partial charge in [0.1, 0.15) is 10.7 Å². The first-order chi connectivity index (χ1) is 9.05. The lowest BCUT2D eigenvalue weighted by Crippen LogP contribution is -2.41. The second-order valence-electron chi connectivity index (χ2n) is 5.58. The molecule has 5 nitrogen and oxygen atoms in total. The van der Waals surface area contributed by atoms with Crippen LogP contribution in [0, 0.1) is 11.7 Å². The Hall–Kier alpha value is -1.18. The number of nitrogen functional groups attached to an aromatic ring is 1. The number of benzene rings is 1. The quantitative estimate of drug-likeness (QED) is 0.694. The molecule has 0 saturated heterocycles. The number of hydrogen-bond donors (Lipinski definition) is 3. The number of halogens is 1. The van der Waals surface area contributed by atoms with E-state index < -0.39 is 26.3 Å². The van der Waals surface area contributed by atoms with Crippen LogP contribution in [0.3, 0.4) is 0 Å². The number of aliphatic hydroxyl groups is 1. The van der Waals surface area contributed by atoms with Crippen LogP contribution in [0.5, 0.6) is 0 Å². The highest BCUT2D eigenvalue weighted by atomic mass is 32.2. The van der Waals surface area contributed by atoms with Gasteiger partial charge in [-0.3, -0.25) is 0 Å². The number of nitrogens with two attached hydrogens (primary N) is 1. The summed E-state index contributed by atoms with van der Waals surface area (Å²) in [4.78, 5) is -0.583. The van der Waals surface area contributed by atoms with E-state index in [2.05, 4.69) is 4.72 Å². The Morgan fingerprint density at radius 3 is 2.55 bits per heavy atom. The van der Waals surface area contributed by atoms with Gasteiger partial charge in [0.25, 0.3) is 0 Å². The molecule has 7 heteroatoms. The maximum Gasteiger partial charge on any atom is 0.245 e. The van der Waals surface area contributed by atoms with Gasteiger partial charge < -0.3 is 10.8 Å². The number of anilines is 1. The van der Waals surface area contributed by atoms with E-state index >= 15 is 0 Å². The predicted molar refractivity (Wildman–Crippen MR) is 76.1 cm³/mol. The fourth-order valence-electron chi connectivity index (χ4n) is 2.08. The molecule has 0 aliphatic carbocycles. The third kappa shape index (κ3) is 4.43. The molecular formula is C13H21FN2O3S. The van der Waals surface area contributed by atoms with Crippen LogP contribution in [0.15, 0.2) is 23.1 Å². The number of hydrogen-bond acceptors (Lipinski definition) is 4. The SMILES string of the molecule is CC(C)CC(C)(O)CNS(=O)(=O)c1c(N)cccc1F. The van der Waals surface area contributed by atoms with Crippen LogP contribution in [0.4, 0.5) is 10.1 Å². The summed E-state index contributed by atoms with van der Waals surface area (Å²) in [5, 5.41) is 10.1. The lowest BCUT2D eigenvalue weighted by atomic mass is 9.95. The standard InChI is InChI=1S/C13H21FN2O3S/c1-9(2)7-13(3,17)8-16-20(18,19)12-10(14)5-4-6-11(12)15/h4-6,9,16-17H,7-8,15H2,1-3H3. The fourth-order valence-corrected chi connectivity index (χ4v) is 3.43. The molecule has 0 aliphatic heterocycles. The van der Waals surface area contributed by atoms with Gasteiger partial charge in [-0.1, -0.05) is 19.9 Å². The fraction of sp³-hybridized carbons (Fsp3) is 0.538. The lowest BCUT2D eigenvalue weighted by molar-refractivity contribution is 0.0436. The van der Waals surface area contributed by atoms with Crippen molar-refractivity contribution in [2.75, 3.05) is 12.3 Å². The van der Waals surface area contributed by atoms with Gasteiger partial charge in [0.05, 0.1) is 11.3 Å². The van der Waals surface area contributed by atoms with Gasteiger partial charge in [0, 0.05) is 6.54 Å². The van der Waals surface area contributed by atoms with E-state index in [1.165, 1.54) is 19.1 Å². The monoisotopic (exact) mass is 304 g/mol. The summed E-state index contributed by atoms with van der Waals surface area (Å²) in [7, 11) is -4.10. The third-order valence-corrected chi connectivity index (χ3v) is 4.25.